The Labute approximate surface area is 165 Å². The molecule has 1 aromatic heterocycles. The number of rotatable bonds is 4. The van der Waals surface area contributed by atoms with E-state index in [9.17, 15) is 9.59 Å². The number of nitrogens with one attached hydrogen (secondary N) is 1. The van der Waals surface area contributed by atoms with Gasteiger partial charge in [0.1, 0.15) is 5.56 Å². The summed E-state index contributed by atoms with van der Waals surface area (Å²) >= 11 is 0. The topological polar surface area (TPSA) is 54.3 Å². The van der Waals surface area contributed by atoms with Crippen LogP contribution in [0.15, 0.2) is 47.4 Å². The number of aryl methyl sites for hydroxylation is 3. The number of aromatic nitrogens is 1. The lowest BCUT2D eigenvalue weighted by molar-refractivity contribution is 0.0775. The minimum atomic E-state index is -0.154. The quantitative estimate of drug-likeness (QED) is 0.889. The Balaban J connectivity index is 1.36. The zero-order chi connectivity index (χ0) is 19.3. The molecule has 3 saturated heterocycles. The van der Waals surface area contributed by atoms with E-state index in [1.54, 1.807) is 4.57 Å². The van der Waals surface area contributed by atoms with Crippen LogP contribution in [-0.2, 0) is 13.0 Å². The van der Waals surface area contributed by atoms with Crippen molar-refractivity contribution in [3.63, 3.8) is 0 Å². The molecular formula is C23H27N3O2. The number of fused-ring (bicyclic) bond motifs is 5. The number of likely N-dealkylation sites (tertiary alicyclic amines) is 1. The summed E-state index contributed by atoms with van der Waals surface area (Å²) in [7, 11) is 0. The molecule has 28 heavy (non-hydrogen) atoms. The Hall–Kier alpha value is -2.40. The molecular weight excluding hydrogens is 350 g/mol. The zero-order valence-electron chi connectivity index (χ0n) is 16.3. The normalized spacial score (nSPS) is 28.0. The van der Waals surface area contributed by atoms with Crippen LogP contribution in [0.4, 0.5) is 0 Å². The average molecular weight is 377 g/mol. The van der Waals surface area contributed by atoms with Crippen LogP contribution in [0, 0.1) is 18.8 Å². The number of carbonyl (C=O) groups is 1. The first kappa shape index (κ1) is 17.7. The molecule has 2 aromatic rings. The Morgan fingerprint density at radius 1 is 1.07 bits per heavy atom. The van der Waals surface area contributed by atoms with Gasteiger partial charge >= 0.3 is 0 Å². The second kappa shape index (κ2) is 6.89. The molecule has 3 aliphatic rings. The van der Waals surface area contributed by atoms with Crippen LogP contribution < -0.4 is 10.9 Å². The lowest BCUT2D eigenvalue weighted by Gasteiger charge is -2.20. The van der Waals surface area contributed by atoms with Crippen molar-refractivity contribution in [3.05, 3.63) is 69.6 Å². The molecule has 146 valence electrons. The van der Waals surface area contributed by atoms with Gasteiger partial charge in [-0.3, -0.25) is 9.59 Å². The van der Waals surface area contributed by atoms with Crippen molar-refractivity contribution in [3.8, 4) is 0 Å². The number of hydrogen-bond acceptors (Lipinski definition) is 3. The maximum Gasteiger partial charge on any atom is 0.263 e. The minimum absolute atomic E-state index is 0.0784. The van der Waals surface area contributed by atoms with Crippen LogP contribution in [0.3, 0.4) is 0 Å². The highest BCUT2D eigenvalue weighted by Gasteiger charge is 2.52. The van der Waals surface area contributed by atoms with Crippen LogP contribution >= 0.6 is 0 Å². The molecule has 5 rings (SSSR count). The maximum absolute atomic E-state index is 13.3. The summed E-state index contributed by atoms with van der Waals surface area (Å²) < 4.78 is 1.69. The van der Waals surface area contributed by atoms with Crippen LogP contribution in [0.2, 0.25) is 0 Å². The molecule has 0 spiro atoms. The third-order valence-electron chi connectivity index (χ3n) is 7.02. The number of pyridine rings is 1. The molecule has 4 heterocycles. The molecule has 2 bridgehead atoms. The van der Waals surface area contributed by atoms with Crippen molar-refractivity contribution >= 4 is 5.91 Å². The summed E-state index contributed by atoms with van der Waals surface area (Å²) in [5.74, 6) is 1.05. The van der Waals surface area contributed by atoms with Gasteiger partial charge in [-0.2, -0.15) is 0 Å². The number of benzene rings is 1. The van der Waals surface area contributed by atoms with Gasteiger partial charge in [-0.1, -0.05) is 30.3 Å². The van der Waals surface area contributed by atoms with Crippen molar-refractivity contribution in [2.24, 2.45) is 11.8 Å². The fourth-order valence-corrected chi connectivity index (χ4v) is 5.50. The second-order valence-electron chi connectivity index (χ2n) is 8.60. The molecule has 3 aliphatic heterocycles. The maximum atomic E-state index is 13.3. The Bertz CT molecular complexity index is 934. The SMILES string of the molecule is Cc1ccn(CCc2ccccc2)c(=O)c1C(=O)N1C[C@@H]2[C@H](C1)[C@@H]1CC[C@H]2N1. The van der Waals surface area contributed by atoms with Gasteiger partial charge in [0, 0.05) is 37.9 Å². The number of hydrogen-bond donors (Lipinski definition) is 1. The van der Waals surface area contributed by atoms with E-state index < -0.39 is 0 Å². The van der Waals surface area contributed by atoms with E-state index in [2.05, 4.69) is 17.4 Å². The molecule has 1 N–H and O–H groups in total. The van der Waals surface area contributed by atoms with Gasteiger partial charge in [0.15, 0.2) is 0 Å². The predicted octanol–water partition coefficient (Wildman–Crippen LogP) is 2.22. The first-order valence-electron chi connectivity index (χ1n) is 10.4. The van der Waals surface area contributed by atoms with Crippen LogP contribution in [0.5, 0.6) is 0 Å². The minimum Gasteiger partial charge on any atom is -0.338 e. The summed E-state index contributed by atoms with van der Waals surface area (Å²) in [6.45, 7) is 4.03. The molecule has 5 heteroatoms. The predicted molar refractivity (Wildman–Crippen MR) is 108 cm³/mol. The van der Waals surface area contributed by atoms with Crippen molar-refractivity contribution in [1.29, 1.82) is 0 Å². The monoisotopic (exact) mass is 377 g/mol. The number of carbonyl (C=O) groups excluding carboxylic acids is 1. The molecule has 1 amide bonds. The van der Waals surface area contributed by atoms with Gasteiger partial charge < -0.3 is 14.8 Å². The van der Waals surface area contributed by atoms with E-state index in [4.69, 9.17) is 0 Å². The van der Waals surface area contributed by atoms with E-state index in [-0.39, 0.29) is 11.5 Å². The van der Waals surface area contributed by atoms with Crippen molar-refractivity contribution < 1.29 is 4.79 Å². The Morgan fingerprint density at radius 2 is 1.75 bits per heavy atom. The molecule has 5 nitrogen and oxygen atoms in total. The molecule has 0 saturated carbocycles. The van der Waals surface area contributed by atoms with Crippen molar-refractivity contribution in [2.75, 3.05) is 13.1 Å². The average Bonchev–Trinajstić information content (AvgIpc) is 3.41. The highest BCUT2D eigenvalue weighted by atomic mass is 16.2. The lowest BCUT2D eigenvalue weighted by atomic mass is 9.82. The van der Waals surface area contributed by atoms with Gasteiger partial charge in [-0.15, -0.1) is 0 Å². The van der Waals surface area contributed by atoms with Gasteiger partial charge in [0.2, 0.25) is 0 Å². The summed E-state index contributed by atoms with van der Waals surface area (Å²) in [4.78, 5) is 28.3. The van der Waals surface area contributed by atoms with Gasteiger partial charge in [0.05, 0.1) is 0 Å². The van der Waals surface area contributed by atoms with Crippen LogP contribution in [0.25, 0.3) is 0 Å². The van der Waals surface area contributed by atoms with E-state index in [0.717, 1.165) is 25.1 Å². The molecule has 0 aliphatic carbocycles. The van der Waals surface area contributed by atoms with E-state index in [1.807, 2.05) is 42.3 Å². The van der Waals surface area contributed by atoms with Crippen LogP contribution in [0.1, 0.15) is 34.3 Å². The highest BCUT2D eigenvalue weighted by molar-refractivity contribution is 5.95. The lowest BCUT2D eigenvalue weighted by Crippen LogP contribution is -2.39. The molecule has 3 fully saturated rings. The second-order valence-corrected chi connectivity index (χ2v) is 8.60. The fraction of sp³-hybridized carbons (Fsp3) is 0.478. The van der Waals surface area contributed by atoms with Gasteiger partial charge in [0.25, 0.3) is 11.5 Å². The van der Waals surface area contributed by atoms with Crippen LogP contribution in [-0.4, -0.2) is 40.5 Å². The van der Waals surface area contributed by atoms with E-state index in [0.29, 0.717) is 36.0 Å². The smallest absolute Gasteiger partial charge is 0.263 e. The molecule has 0 unspecified atom stereocenters. The third-order valence-corrected chi connectivity index (χ3v) is 7.02. The zero-order valence-corrected chi connectivity index (χ0v) is 16.3. The first-order chi connectivity index (χ1) is 13.6. The standard InChI is InChI=1S/C23H27N3O2/c1-15-9-11-25(12-10-16-5-3-2-4-6-16)22(27)21(15)23(28)26-13-17-18(14-26)20-8-7-19(17)24-20/h2-6,9,11,17-20,24H,7-8,10,12-14H2,1H3/t17-,18+,19-,20+. The first-order valence-corrected chi connectivity index (χ1v) is 10.4. The summed E-state index contributed by atoms with van der Waals surface area (Å²) in [5.41, 5.74) is 2.18. The molecule has 1 aromatic carbocycles. The molecule has 0 radical (unpaired) electrons. The summed E-state index contributed by atoms with van der Waals surface area (Å²) in [6, 6.07) is 13.2. The summed E-state index contributed by atoms with van der Waals surface area (Å²) in [5, 5.41) is 3.69. The molecule has 4 atom stereocenters. The summed E-state index contributed by atoms with van der Waals surface area (Å²) in [6.07, 6.45) is 5.05. The van der Waals surface area contributed by atoms with Crippen molar-refractivity contribution in [1.82, 2.24) is 14.8 Å². The fourth-order valence-electron chi connectivity index (χ4n) is 5.50. The van der Waals surface area contributed by atoms with E-state index in [1.165, 1.54) is 18.4 Å². The Morgan fingerprint density at radius 3 is 2.43 bits per heavy atom. The number of nitrogens with zero attached hydrogens (tertiary/aromatic N) is 2. The van der Waals surface area contributed by atoms with Gasteiger partial charge in [-0.05, 0) is 55.2 Å². The third kappa shape index (κ3) is 2.89. The highest BCUT2D eigenvalue weighted by Crippen LogP contribution is 2.43. The van der Waals surface area contributed by atoms with Gasteiger partial charge in [-0.25, -0.2) is 0 Å². The largest absolute Gasteiger partial charge is 0.338 e. The van der Waals surface area contributed by atoms with E-state index >= 15 is 0 Å². The number of amides is 1. The Kier molecular flexibility index (Phi) is 4.35. The van der Waals surface area contributed by atoms with Crippen molar-refractivity contribution in [2.45, 2.75) is 44.8 Å².